The summed E-state index contributed by atoms with van der Waals surface area (Å²) in [5.74, 6) is 0.833. The summed E-state index contributed by atoms with van der Waals surface area (Å²) in [7, 11) is 2.13. The SMILES string of the molecule is CC(C)C.CSN(Cc1ccc(C2=NN=C(C(F)F)C2)cn1)c1ccc2c(c1)CN(C)C2. The highest BCUT2D eigenvalue weighted by atomic mass is 32.2. The van der Waals surface area contributed by atoms with Crippen molar-refractivity contribution in [2.75, 3.05) is 17.6 Å². The number of alkyl halides is 2. The first-order valence-corrected chi connectivity index (χ1v) is 11.9. The van der Waals surface area contributed by atoms with Crippen molar-refractivity contribution in [3.8, 4) is 0 Å². The van der Waals surface area contributed by atoms with Gasteiger partial charge in [0.05, 0.1) is 18.0 Å². The molecule has 1 aromatic carbocycles. The first kappa shape index (κ1) is 24.3. The summed E-state index contributed by atoms with van der Waals surface area (Å²) in [6.07, 6.45) is 1.26. The second-order valence-electron chi connectivity index (χ2n) is 8.73. The first-order valence-electron chi connectivity index (χ1n) is 10.8. The normalized spacial score (nSPS) is 15.4. The summed E-state index contributed by atoms with van der Waals surface area (Å²) in [5.41, 5.74) is 5.91. The Kier molecular flexibility index (Phi) is 8.37. The summed E-state index contributed by atoms with van der Waals surface area (Å²) in [6.45, 7) is 9.13. The molecule has 0 bridgehead atoms. The van der Waals surface area contributed by atoms with Gasteiger partial charge in [0.2, 0.25) is 0 Å². The van der Waals surface area contributed by atoms with Crippen LogP contribution in [0.1, 0.15) is 49.6 Å². The van der Waals surface area contributed by atoms with Crippen LogP contribution in [0.4, 0.5) is 14.5 Å². The Balaban J connectivity index is 0.000000668. The van der Waals surface area contributed by atoms with Crippen molar-refractivity contribution < 1.29 is 8.78 Å². The Morgan fingerprint density at radius 2 is 1.78 bits per heavy atom. The van der Waals surface area contributed by atoms with Gasteiger partial charge in [0, 0.05) is 43.2 Å². The number of anilines is 1. The number of hydrogen-bond donors (Lipinski definition) is 0. The van der Waals surface area contributed by atoms with Crippen molar-refractivity contribution in [3.63, 3.8) is 0 Å². The van der Waals surface area contributed by atoms with Gasteiger partial charge in [-0.1, -0.05) is 38.8 Å². The van der Waals surface area contributed by atoms with E-state index in [2.05, 4.69) is 70.4 Å². The molecule has 0 amide bonds. The molecule has 0 atom stereocenters. The van der Waals surface area contributed by atoms with Gasteiger partial charge in [0.25, 0.3) is 6.43 Å². The molecule has 0 radical (unpaired) electrons. The van der Waals surface area contributed by atoms with Gasteiger partial charge >= 0.3 is 0 Å². The fourth-order valence-electron chi connectivity index (χ4n) is 3.45. The van der Waals surface area contributed by atoms with Crippen molar-refractivity contribution >= 4 is 29.1 Å². The number of hydrogen-bond acceptors (Lipinski definition) is 6. The number of halogens is 2. The van der Waals surface area contributed by atoms with Gasteiger partial charge in [-0.25, -0.2) is 8.78 Å². The predicted octanol–water partition coefficient (Wildman–Crippen LogP) is 5.79. The van der Waals surface area contributed by atoms with Gasteiger partial charge in [-0.3, -0.25) is 9.88 Å². The maximum atomic E-state index is 12.7. The van der Waals surface area contributed by atoms with Crippen molar-refractivity contribution in [3.05, 3.63) is 58.9 Å². The summed E-state index contributed by atoms with van der Waals surface area (Å²) >= 11 is 1.65. The predicted molar refractivity (Wildman–Crippen MR) is 131 cm³/mol. The third-order valence-electron chi connectivity index (χ3n) is 4.94. The third-order valence-corrected chi connectivity index (χ3v) is 5.72. The van der Waals surface area contributed by atoms with Gasteiger partial charge in [-0.2, -0.15) is 10.2 Å². The highest BCUT2D eigenvalue weighted by molar-refractivity contribution is 7.99. The minimum Gasteiger partial charge on any atom is -0.310 e. The first-order chi connectivity index (χ1) is 15.3. The van der Waals surface area contributed by atoms with E-state index in [-0.39, 0.29) is 12.1 Å². The van der Waals surface area contributed by atoms with Crippen LogP contribution in [-0.4, -0.2) is 41.0 Å². The molecule has 4 rings (SSSR count). The van der Waals surface area contributed by atoms with Crippen molar-refractivity contribution in [2.24, 2.45) is 16.1 Å². The number of pyridine rings is 1. The lowest BCUT2D eigenvalue weighted by Crippen LogP contribution is -2.15. The maximum absolute atomic E-state index is 12.7. The standard InChI is InChI=1S/C20H21F2N5S.C4H10/c1-26-10-14-4-6-17(7-15(14)11-26)27(28-2)12-16-5-3-13(9-23-16)18-8-19(20(21)22)25-24-18;1-4(2)3/h3-7,9,20H,8,10-12H2,1-2H3;4H,1-3H3. The van der Waals surface area contributed by atoms with E-state index >= 15 is 0 Å². The summed E-state index contributed by atoms with van der Waals surface area (Å²) in [5, 5.41) is 7.43. The van der Waals surface area contributed by atoms with Crippen LogP contribution in [0.25, 0.3) is 0 Å². The molecule has 0 fully saturated rings. The smallest absolute Gasteiger partial charge is 0.278 e. The summed E-state index contributed by atoms with van der Waals surface area (Å²) in [6, 6.07) is 10.4. The zero-order valence-electron chi connectivity index (χ0n) is 19.3. The molecule has 0 saturated heterocycles. The van der Waals surface area contributed by atoms with Crippen LogP contribution in [0.2, 0.25) is 0 Å². The topological polar surface area (TPSA) is 44.1 Å². The van der Waals surface area contributed by atoms with E-state index in [1.165, 1.54) is 11.1 Å². The minimum atomic E-state index is -2.56. The van der Waals surface area contributed by atoms with Crippen molar-refractivity contribution in [1.82, 2.24) is 9.88 Å². The molecule has 3 heterocycles. The van der Waals surface area contributed by atoms with Gasteiger partial charge in [-0.15, -0.1) is 0 Å². The molecule has 172 valence electrons. The highest BCUT2D eigenvalue weighted by Crippen LogP contribution is 2.30. The molecule has 0 spiro atoms. The van der Waals surface area contributed by atoms with Crippen molar-refractivity contribution in [1.29, 1.82) is 0 Å². The molecule has 32 heavy (non-hydrogen) atoms. The van der Waals surface area contributed by atoms with E-state index in [9.17, 15) is 8.78 Å². The second-order valence-corrected chi connectivity index (χ2v) is 9.54. The Morgan fingerprint density at radius 3 is 2.38 bits per heavy atom. The molecule has 2 aliphatic rings. The average Bonchev–Trinajstić information content (AvgIpc) is 3.37. The zero-order chi connectivity index (χ0) is 23.3. The third kappa shape index (κ3) is 6.36. The molecule has 0 saturated carbocycles. The Labute approximate surface area is 193 Å². The molecular formula is C24H31F2N5S. The van der Waals surface area contributed by atoms with Crippen LogP contribution in [0.3, 0.4) is 0 Å². The highest BCUT2D eigenvalue weighted by Gasteiger charge is 2.22. The van der Waals surface area contributed by atoms with Gasteiger partial charge in [-0.05, 0) is 48.4 Å². The lowest BCUT2D eigenvalue weighted by molar-refractivity contribution is 0.224. The van der Waals surface area contributed by atoms with E-state index in [1.807, 2.05) is 18.4 Å². The number of nitrogens with zero attached hydrogens (tertiary/aromatic N) is 5. The summed E-state index contributed by atoms with van der Waals surface area (Å²) < 4.78 is 27.6. The van der Waals surface area contributed by atoms with Gasteiger partial charge in [0.15, 0.2) is 0 Å². The van der Waals surface area contributed by atoms with Crippen LogP contribution < -0.4 is 4.31 Å². The molecule has 0 aliphatic carbocycles. The molecule has 0 unspecified atom stereocenters. The monoisotopic (exact) mass is 459 g/mol. The zero-order valence-corrected chi connectivity index (χ0v) is 20.2. The average molecular weight is 460 g/mol. The van der Waals surface area contributed by atoms with Crippen LogP contribution in [0.5, 0.6) is 0 Å². The van der Waals surface area contributed by atoms with Gasteiger partial charge in [0.1, 0.15) is 5.71 Å². The number of aromatic nitrogens is 1. The van der Waals surface area contributed by atoms with Gasteiger partial charge < -0.3 is 4.31 Å². The molecule has 2 aromatic rings. The van der Waals surface area contributed by atoms with Crippen molar-refractivity contribution in [2.45, 2.75) is 53.3 Å². The molecular weight excluding hydrogens is 428 g/mol. The van der Waals surface area contributed by atoms with E-state index < -0.39 is 6.43 Å². The Hall–Kier alpha value is -2.32. The number of fused-ring (bicyclic) bond motifs is 1. The summed E-state index contributed by atoms with van der Waals surface area (Å²) in [4.78, 5) is 6.81. The fourth-order valence-corrected chi connectivity index (χ4v) is 4.04. The molecule has 2 aliphatic heterocycles. The lowest BCUT2D eigenvalue weighted by Gasteiger charge is -2.22. The van der Waals surface area contributed by atoms with Crippen LogP contribution in [-0.2, 0) is 19.6 Å². The van der Waals surface area contributed by atoms with E-state index in [0.29, 0.717) is 12.3 Å². The largest absolute Gasteiger partial charge is 0.310 e. The number of benzene rings is 1. The lowest BCUT2D eigenvalue weighted by atomic mass is 10.1. The Bertz CT molecular complexity index is 970. The molecule has 1 aromatic heterocycles. The fraction of sp³-hybridized carbons (Fsp3) is 0.458. The van der Waals surface area contributed by atoms with E-state index in [0.717, 1.165) is 36.0 Å². The second kappa shape index (κ2) is 11.0. The molecule has 8 heteroatoms. The maximum Gasteiger partial charge on any atom is 0.278 e. The number of rotatable bonds is 6. The van der Waals surface area contributed by atoms with E-state index in [1.54, 1.807) is 18.1 Å². The minimum absolute atomic E-state index is 0.0825. The van der Waals surface area contributed by atoms with Crippen LogP contribution >= 0.6 is 11.9 Å². The van der Waals surface area contributed by atoms with E-state index in [4.69, 9.17) is 0 Å². The molecule has 5 nitrogen and oxygen atoms in total. The quantitative estimate of drug-likeness (QED) is 0.513. The van der Waals surface area contributed by atoms with Crippen LogP contribution in [0.15, 0.2) is 46.7 Å². The van der Waals surface area contributed by atoms with Crippen LogP contribution in [0, 0.1) is 5.92 Å². The Morgan fingerprint density at radius 1 is 1.06 bits per heavy atom. The molecule has 0 N–H and O–H groups in total.